The minimum atomic E-state index is 0.407. The summed E-state index contributed by atoms with van der Waals surface area (Å²) >= 11 is 18.0. The van der Waals surface area contributed by atoms with Crippen molar-refractivity contribution in [2.75, 3.05) is 6.54 Å². The number of ether oxygens (including phenoxy) is 1. The average molecular weight is 331 g/mol. The van der Waals surface area contributed by atoms with Crippen molar-refractivity contribution in [2.24, 2.45) is 0 Å². The normalized spacial score (nSPS) is 10.6. The Kier molecular flexibility index (Phi) is 5.55. The summed E-state index contributed by atoms with van der Waals surface area (Å²) < 4.78 is 5.76. The van der Waals surface area contributed by atoms with E-state index in [1.165, 1.54) is 0 Å². The molecule has 5 heteroatoms. The van der Waals surface area contributed by atoms with Crippen LogP contribution in [0.2, 0.25) is 15.1 Å². The molecule has 1 N–H and O–H groups in total. The number of rotatable bonds is 5. The van der Waals surface area contributed by atoms with Gasteiger partial charge in [-0.15, -0.1) is 0 Å². The molecule has 0 saturated heterocycles. The lowest BCUT2D eigenvalue weighted by Gasteiger charge is -2.10. The zero-order chi connectivity index (χ0) is 14.5. The van der Waals surface area contributed by atoms with Crippen molar-refractivity contribution < 1.29 is 4.74 Å². The van der Waals surface area contributed by atoms with Crippen molar-refractivity contribution in [1.29, 1.82) is 0 Å². The van der Waals surface area contributed by atoms with Crippen molar-refractivity contribution in [3.05, 3.63) is 57.0 Å². The first-order valence-corrected chi connectivity index (χ1v) is 7.35. The predicted molar refractivity (Wildman–Crippen MR) is 85.4 cm³/mol. The third-order valence-electron chi connectivity index (χ3n) is 2.68. The van der Waals surface area contributed by atoms with Crippen LogP contribution in [0.3, 0.4) is 0 Å². The topological polar surface area (TPSA) is 21.3 Å². The van der Waals surface area contributed by atoms with E-state index in [2.05, 4.69) is 12.2 Å². The summed E-state index contributed by atoms with van der Waals surface area (Å²) in [4.78, 5) is 0. The number of benzene rings is 2. The highest BCUT2D eigenvalue weighted by Gasteiger charge is 2.08. The molecule has 0 bridgehead atoms. The maximum Gasteiger partial charge on any atom is 0.147 e. The SMILES string of the molecule is CCNCc1cccc(Oc2cc(Cl)c(Cl)cc2Cl)c1. The summed E-state index contributed by atoms with van der Waals surface area (Å²) in [6.45, 7) is 3.78. The third-order valence-corrected chi connectivity index (χ3v) is 3.70. The molecule has 0 radical (unpaired) electrons. The highest BCUT2D eigenvalue weighted by Crippen LogP contribution is 2.36. The van der Waals surface area contributed by atoms with Gasteiger partial charge in [-0.05, 0) is 30.3 Å². The number of nitrogens with one attached hydrogen (secondary N) is 1. The van der Waals surface area contributed by atoms with Gasteiger partial charge in [-0.25, -0.2) is 0 Å². The zero-order valence-electron chi connectivity index (χ0n) is 10.9. The van der Waals surface area contributed by atoms with Crippen LogP contribution >= 0.6 is 34.8 Å². The van der Waals surface area contributed by atoms with Gasteiger partial charge in [0.05, 0.1) is 15.1 Å². The standard InChI is InChI=1S/C15H14Cl3NO/c1-2-19-9-10-4-3-5-11(6-10)20-15-8-13(17)12(16)7-14(15)18/h3-8,19H,2,9H2,1H3. The largest absolute Gasteiger partial charge is 0.456 e. The van der Waals surface area contributed by atoms with Crippen LogP contribution in [0, 0.1) is 0 Å². The van der Waals surface area contributed by atoms with Crippen LogP contribution in [0.15, 0.2) is 36.4 Å². The van der Waals surface area contributed by atoms with Gasteiger partial charge < -0.3 is 10.1 Å². The van der Waals surface area contributed by atoms with Crippen LogP contribution in [-0.2, 0) is 6.54 Å². The summed E-state index contributed by atoms with van der Waals surface area (Å²) in [6.07, 6.45) is 0. The molecule has 0 atom stereocenters. The fourth-order valence-electron chi connectivity index (χ4n) is 1.70. The molecule has 0 spiro atoms. The fraction of sp³-hybridized carbons (Fsp3) is 0.200. The Bertz CT molecular complexity index is 602. The Morgan fingerprint density at radius 3 is 2.50 bits per heavy atom. The van der Waals surface area contributed by atoms with Crippen molar-refractivity contribution >= 4 is 34.8 Å². The predicted octanol–water partition coefficient (Wildman–Crippen LogP) is 5.55. The second-order valence-corrected chi connectivity index (χ2v) is 5.45. The first-order valence-electron chi connectivity index (χ1n) is 6.22. The van der Waals surface area contributed by atoms with Crippen LogP contribution in [-0.4, -0.2) is 6.54 Å². The summed E-state index contributed by atoms with van der Waals surface area (Å²) in [7, 11) is 0. The summed E-state index contributed by atoms with van der Waals surface area (Å²) in [6, 6.07) is 11.0. The third kappa shape index (κ3) is 4.03. The van der Waals surface area contributed by atoms with Gasteiger partial charge >= 0.3 is 0 Å². The minimum absolute atomic E-state index is 0.407. The smallest absolute Gasteiger partial charge is 0.147 e. The minimum Gasteiger partial charge on any atom is -0.456 e. The van der Waals surface area contributed by atoms with Crippen LogP contribution in [0.25, 0.3) is 0 Å². The highest BCUT2D eigenvalue weighted by atomic mass is 35.5. The Morgan fingerprint density at radius 2 is 1.75 bits per heavy atom. The van der Waals surface area contributed by atoms with Gasteiger partial charge in [0.25, 0.3) is 0 Å². The second-order valence-electron chi connectivity index (χ2n) is 4.23. The van der Waals surface area contributed by atoms with E-state index in [0.717, 1.165) is 18.7 Å². The van der Waals surface area contributed by atoms with E-state index in [1.807, 2.05) is 24.3 Å². The Balaban J connectivity index is 2.19. The van der Waals surface area contributed by atoms with Crippen LogP contribution in [0.5, 0.6) is 11.5 Å². The van der Waals surface area contributed by atoms with Gasteiger partial charge in [0, 0.05) is 12.6 Å². The molecule has 0 aliphatic carbocycles. The Labute approximate surface area is 133 Å². The number of hydrogen-bond acceptors (Lipinski definition) is 2. The van der Waals surface area contributed by atoms with Crippen LogP contribution in [0.4, 0.5) is 0 Å². The van der Waals surface area contributed by atoms with E-state index in [9.17, 15) is 0 Å². The summed E-state index contributed by atoms with van der Waals surface area (Å²) in [5, 5.41) is 4.51. The molecule has 2 rings (SSSR count). The maximum absolute atomic E-state index is 6.09. The lowest BCUT2D eigenvalue weighted by atomic mass is 10.2. The van der Waals surface area contributed by atoms with Gasteiger partial charge in [-0.1, -0.05) is 53.9 Å². The summed E-state index contributed by atoms with van der Waals surface area (Å²) in [5.74, 6) is 1.20. The number of halogens is 3. The van der Waals surface area contributed by atoms with E-state index >= 15 is 0 Å². The van der Waals surface area contributed by atoms with Gasteiger partial charge in [0.2, 0.25) is 0 Å². The van der Waals surface area contributed by atoms with Crippen LogP contribution < -0.4 is 10.1 Å². The first-order chi connectivity index (χ1) is 9.60. The maximum atomic E-state index is 6.09. The molecule has 0 aromatic heterocycles. The van der Waals surface area contributed by atoms with E-state index in [0.29, 0.717) is 26.6 Å². The average Bonchev–Trinajstić information content (AvgIpc) is 2.43. The van der Waals surface area contributed by atoms with Gasteiger partial charge in [0.15, 0.2) is 0 Å². The van der Waals surface area contributed by atoms with E-state index in [1.54, 1.807) is 12.1 Å². The summed E-state index contributed by atoms with van der Waals surface area (Å²) in [5.41, 5.74) is 1.14. The van der Waals surface area contributed by atoms with E-state index in [4.69, 9.17) is 39.5 Å². The van der Waals surface area contributed by atoms with E-state index in [-0.39, 0.29) is 0 Å². The molecule has 20 heavy (non-hydrogen) atoms. The molecule has 0 aliphatic rings. The fourth-order valence-corrected chi connectivity index (χ4v) is 2.27. The first kappa shape index (κ1) is 15.5. The zero-order valence-corrected chi connectivity index (χ0v) is 13.2. The second kappa shape index (κ2) is 7.19. The highest BCUT2D eigenvalue weighted by molar-refractivity contribution is 6.43. The lowest BCUT2D eigenvalue weighted by Crippen LogP contribution is -2.11. The quantitative estimate of drug-likeness (QED) is 0.726. The molecule has 0 aliphatic heterocycles. The molecule has 2 aromatic carbocycles. The number of hydrogen-bond donors (Lipinski definition) is 1. The van der Waals surface area contributed by atoms with Crippen LogP contribution in [0.1, 0.15) is 12.5 Å². The molecule has 2 nitrogen and oxygen atoms in total. The molecule has 106 valence electrons. The molecule has 0 saturated carbocycles. The molecule has 0 amide bonds. The molecule has 2 aromatic rings. The van der Waals surface area contributed by atoms with Crippen molar-refractivity contribution in [3.8, 4) is 11.5 Å². The molecular formula is C15H14Cl3NO. The Morgan fingerprint density at radius 1 is 1.00 bits per heavy atom. The van der Waals surface area contributed by atoms with Gasteiger partial charge in [-0.3, -0.25) is 0 Å². The van der Waals surface area contributed by atoms with Crippen molar-refractivity contribution in [1.82, 2.24) is 5.32 Å². The monoisotopic (exact) mass is 329 g/mol. The molecular weight excluding hydrogens is 317 g/mol. The van der Waals surface area contributed by atoms with Crippen molar-refractivity contribution in [2.45, 2.75) is 13.5 Å². The molecule has 0 heterocycles. The van der Waals surface area contributed by atoms with E-state index < -0.39 is 0 Å². The van der Waals surface area contributed by atoms with Gasteiger partial charge in [0.1, 0.15) is 11.5 Å². The molecule has 0 fully saturated rings. The van der Waals surface area contributed by atoms with Gasteiger partial charge in [-0.2, -0.15) is 0 Å². The van der Waals surface area contributed by atoms with Crippen molar-refractivity contribution in [3.63, 3.8) is 0 Å². The Hall–Kier alpha value is -0.930. The lowest BCUT2D eigenvalue weighted by molar-refractivity contribution is 0.482. The molecule has 0 unspecified atom stereocenters.